The van der Waals surface area contributed by atoms with E-state index in [4.69, 9.17) is 5.73 Å². The Bertz CT molecular complexity index is 128. The summed E-state index contributed by atoms with van der Waals surface area (Å²) >= 11 is 0. The standard InChI is InChI=1S/C9H20N2/c1-7(2)8(11-3)9(6-10)4-5-9/h7-8,11H,4-6,10H2,1-3H3. The average Bonchev–Trinajstić information content (AvgIpc) is 2.70. The number of hydrogen-bond acceptors (Lipinski definition) is 2. The van der Waals surface area contributed by atoms with Crippen molar-refractivity contribution in [1.82, 2.24) is 5.32 Å². The molecule has 1 aliphatic rings. The summed E-state index contributed by atoms with van der Waals surface area (Å²) in [5.74, 6) is 0.700. The van der Waals surface area contributed by atoms with Gasteiger partial charge in [-0.15, -0.1) is 0 Å². The third kappa shape index (κ3) is 1.57. The summed E-state index contributed by atoms with van der Waals surface area (Å²) in [5, 5.41) is 3.38. The van der Waals surface area contributed by atoms with Gasteiger partial charge in [0, 0.05) is 6.04 Å². The fraction of sp³-hybridized carbons (Fsp3) is 1.00. The van der Waals surface area contributed by atoms with Gasteiger partial charge in [0.2, 0.25) is 0 Å². The predicted molar refractivity (Wildman–Crippen MR) is 48.4 cm³/mol. The third-order valence-electron chi connectivity index (χ3n) is 2.94. The van der Waals surface area contributed by atoms with Crippen molar-refractivity contribution < 1.29 is 0 Å². The minimum absolute atomic E-state index is 0.447. The molecule has 66 valence electrons. The van der Waals surface area contributed by atoms with Crippen LogP contribution in [0.1, 0.15) is 26.7 Å². The molecule has 11 heavy (non-hydrogen) atoms. The number of nitrogens with two attached hydrogens (primary N) is 1. The maximum Gasteiger partial charge on any atom is 0.0156 e. The monoisotopic (exact) mass is 156 g/mol. The molecular weight excluding hydrogens is 136 g/mol. The lowest BCUT2D eigenvalue weighted by molar-refractivity contribution is 0.283. The van der Waals surface area contributed by atoms with E-state index in [1.54, 1.807) is 0 Å². The van der Waals surface area contributed by atoms with Crippen LogP contribution in [0.15, 0.2) is 0 Å². The topological polar surface area (TPSA) is 38.0 Å². The summed E-state index contributed by atoms with van der Waals surface area (Å²) in [6, 6.07) is 0.618. The molecule has 2 heteroatoms. The second kappa shape index (κ2) is 3.11. The van der Waals surface area contributed by atoms with Gasteiger partial charge >= 0.3 is 0 Å². The Balaban J connectivity index is 2.54. The lowest BCUT2D eigenvalue weighted by Gasteiger charge is -2.28. The Kier molecular flexibility index (Phi) is 2.55. The molecule has 0 aromatic carbocycles. The lowest BCUT2D eigenvalue weighted by atomic mass is 9.88. The van der Waals surface area contributed by atoms with E-state index in [1.807, 2.05) is 7.05 Å². The van der Waals surface area contributed by atoms with E-state index in [-0.39, 0.29) is 0 Å². The van der Waals surface area contributed by atoms with Gasteiger partial charge in [0.1, 0.15) is 0 Å². The summed E-state index contributed by atoms with van der Waals surface area (Å²) < 4.78 is 0. The van der Waals surface area contributed by atoms with Crippen LogP contribution in [0, 0.1) is 11.3 Å². The molecule has 0 aromatic heterocycles. The Morgan fingerprint density at radius 3 is 2.09 bits per heavy atom. The zero-order valence-electron chi connectivity index (χ0n) is 7.85. The number of rotatable bonds is 4. The Labute approximate surface area is 69.5 Å². The van der Waals surface area contributed by atoms with Gasteiger partial charge in [0.15, 0.2) is 0 Å². The molecule has 0 spiro atoms. The maximum absolute atomic E-state index is 5.74. The molecule has 1 fully saturated rings. The SMILES string of the molecule is CNC(C(C)C)C1(CN)CC1. The van der Waals surface area contributed by atoms with Crippen molar-refractivity contribution in [3.8, 4) is 0 Å². The molecule has 0 aliphatic heterocycles. The highest BCUT2D eigenvalue weighted by Gasteiger charge is 2.48. The van der Waals surface area contributed by atoms with E-state index in [0.717, 1.165) is 6.54 Å². The molecule has 0 amide bonds. The van der Waals surface area contributed by atoms with Crippen LogP contribution in [-0.4, -0.2) is 19.6 Å². The minimum Gasteiger partial charge on any atom is -0.330 e. The van der Waals surface area contributed by atoms with Crippen LogP contribution in [0.4, 0.5) is 0 Å². The second-order valence-corrected chi connectivity index (χ2v) is 4.08. The smallest absolute Gasteiger partial charge is 0.0156 e. The van der Waals surface area contributed by atoms with Crippen LogP contribution < -0.4 is 11.1 Å². The Morgan fingerprint density at radius 1 is 1.45 bits per heavy atom. The first-order chi connectivity index (χ1) is 5.16. The molecule has 0 aromatic rings. The molecule has 1 saturated carbocycles. The molecule has 1 rings (SSSR count). The highest BCUT2D eigenvalue weighted by atomic mass is 14.9. The molecule has 0 saturated heterocycles. The Hall–Kier alpha value is -0.0800. The fourth-order valence-electron chi connectivity index (χ4n) is 2.15. The zero-order chi connectivity index (χ0) is 8.48. The number of hydrogen-bond donors (Lipinski definition) is 2. The molecule has 0 radical (unpaired) electrons. The van der Waals surface area contributed by atoms with E-state index < -0.39 is 0 Å². The quantitative estimate of drug-likeness (QED) is 0.636. The summed E-state index contributed by atoms with van der Waals surface area (Å²) in [6.45, 7) is 5.37. The molecule has 2 nitrogen and oxygen atoms in total. The predicted octanol–water partition coefficient (Wildman–Crippen LogP) is 0.969. The molecule has 1 atom stereocenters. The summed E-state index contributed by atoms with van der Waals surface area (Å²) in [5.41, 5.74) is 6.19. The van der Waals surface area contributed by atoms with Crippen molar-refractivity contribution >= 4 is 0 Å². The minimum atomic E-state index is 0.447. The van der Waals surface area contributed by atoms with E-state index >= 15 is 0 Å². The molecule has 0 bridgehead atoms. The largest absolute Gasteiger partial charge is 0.330 e. The van der Waals surface area contributed by atoms with Gasteiger partial charge in [-0.3, -0.25) is 0 Å². The van der Waals surface area contributed by atoms with Crippen LogP contribution >= 0.6 is 0 Å². The summed E-state index contributed by atoms with van der Waals surface area (Å²) in [7, 11) is 2.04. The second-order valence-electron chi connectivity index (χ2n) is 4.08. The fourth-order valence-corrected chi connectivity index (χ4v) is 2.15. The van der Waals surface area contributed by atoms with Crippen molar-refractivity contribution in [1.29, 1.82) is 0 Å². The normalized spacial score (nSPS) is 23.7. The van der Waals surface area contributed by atoms with Crippen molar-refractivity contribution in [3.63, 3.8) is 0 Å². The average molecular weight is 156 g/mol. The van der Waals surface area contributed by atoms with Crippen molar-refractivity contribution in [2.75, 3.05) is 13.6 Å². The highest BCUT2D eigenvalue weighted by molar-refractivity contribution is 5.03. The van der Waals surface area contributed by atoms with Gasteiger partial charge in [-0.2, -0.15) is 0 Å². The first kappa shape index (κ1) is 9.01. The van der Waals surface area contributed by atoms with E-state index in [0.29, 0.717) is 17.4 Å². The van der Waals surface area contributed by atoms with E-state index in [9.17, 15) is 0 Å². The summed E-state index contributed by atoms with van der Waals surface area (Å²) in [4.78, 5) is 0. The lowest BCUT2D eigenvalue weighted by Crippen LogP contribution is -2.43. The Morgan fingerprint density at radius 2 is 2.00 bits per heavy atom. The molecule has 1 unspecified atom stereocenters. The van der Waals surface area contributed by atoms with E-state index in [1.165, 1.54) is 12.8 Å². The van der Waals surface area contributed by atoms with E-state index in [2.05, 4.69) is 19.2 Å². The highest BCUT2D eigenvalue weighted by Crippen LogP contribution is 2.49. The van der Waals surface area contributed by atoms with Crippen LogP contribution in [0.3, 0.4) is 0 Å². The molecular formula is C9H20N2. The molecule has 3 N–H and O–H groups in total. The van der Waals surface area contributed by atoms with Crippen molar-refractivity contribution in [2.45, 2.75) is 32.7 Å². The van der Waals surface area contributed by atoms with Crippen molar-refractivity contribution in [3.05, 3.63) is 0 Å². The van der Waals surface area contributed by atoms with Gasteiger partial charge in [-0.1, -0.05) is 13.8 Å². The van der Waals surface area contributed by atoms with Gasteiger partial charge in [-0.25, -0.2) is 0 Å². The van der Waals surface area contributed by atoms with Crippen LogP contribution in [0.5, 0.6) is 0 Å². The summed E-state index contributed by atoms with van der Waals surface area (Å²) in [6.07, 6.45) is 2.63. The molecule has 0 heterocycles. The van der Waals surface area contributed by atoms with Crippen LogP contribution in [-0.2, 0) is 0 Å². The number of nitrogens with one attached hydrogen (secondary N) is 1. The van der Waals surface area contributed by atoms with Gasteiger partial charge in [0.25, 0.3) is 0 Å². The third-order valence-corrected chi connectivity index (χ3v) is 2.94. The van der Waals surface area contributed by atoms with Gasteiger partial charge in [-0.05, 0) is 37.8 Å². The van der Waals surface area contributed by atoms with Crippen LogP contribution in [0.2, 0.25) is 0 Å². The molecule has 1 aliphatic carbocycles. The first-order valence-corrected chi connectivity index (χ1v) is 4.53. The van der Waals surface area contributed by atoms with Gasteiger partial charge < -0.3 is 11.1 Å². The maximum atomic E-state index is 5.74. The van der Waals surface area contributed by atoms with Gasteiger partial charge in [0.05, 0.1) is 0 Å². The zero-order valence-corrected chi connectivity index (χ0v) is 7.85. The van der Waals surface area contributed by atoms with Crippen molar-refractivity contribution in [2.24, 2.45) is 17.1 Å². The van der Waals surface area contributed by atoms with Crippen LogP contribution in [0.25, 0.3) is 0 Å². The first-order valence-electron chi connectivity index (χ1n) is 4.53.